The third-order valence-corrected chi connectivity index (χ3v) is 4.29. The molecule has 4 heterocycles. The van der Waals surface area contributed by atoms with E-state index in [9.17, 15) is 4.39 Å². The third-order valence-electron chi connectivity index (χ3n) is 4.06. The van der Waals surface area contributed by atoms with Gasteiger partial charge in [0.25, 0.3) is 0 Å². The van der Waals surface area contributed by atoms with Crippen LogP contribution >= 0.6 is 11.6 Å². The summed E-state index contributed by atoms with van der Waals surface area (Å²) in [5, 5.41) is 1.13. The van der Waals surface area contributed by atoms with Gasteiger partial charge in [-0.1, -0.05) is 11.6 Å². The zero-order chi connectivity index (χ0) is 18.1. The van der Waals surface area contributed by atoms with Crippen LogP contribution in [0.1, 0.15) is 11.1 Å². The molecule has 0 saturated heterocycles. The Kier molecular flexibility index (Phi) is 4.22. The average Bonchev–Trinajstić information content (AvgIpc) is 3.07. The highest BCUT2D eigenvalue weighted by molar-refractivity contribution is 6.29. The maximum absolute atomic E-state index is 14.3. The van der Waals surface area contributed by atoms with E-state index in [2.05, 4.69) is 24.9 Å². The van der Waals surface area contributed by atoms with Crippen LogP contribution in [0.3, 0.4) is 0 Å². The fourth-order valence-corrected chi connectivity index (χ4v) is 2.93. The van der Waals surface area contributed by atoms with Crippen LogP contribution in [0.15, 0.2) is 43.1 Å². The van der Waals surface area contributed by atoms with E-state index in [1.807, 2.05) is 6.07 Å². The van der Waals surface area contributed by atoms with Gasteiger partial charge in [-0.2, -0.15) is 4.39 Å². The lowest BCUT2D eigenvalue weighted by Gasteiger charge is -2.07. The van der Waals surface area contributed by atoms with E-state index < -0.39 is 5.95 Å². The molecule has 130 valence electrons. The molecule has 0 saturated carbocycles. The summed E-state index contributed by atoms with van der Waals surface area (Å²) in [6.07, 6.45) is 6.61. The van der Waals surface area contributed by atoms with Crippen LogP contribution in [-0.4, -0.2) is 32.0 Å². The van der Waals surface area contributed by atoms with Crippen molar-refractivity contribution < 1.29 is 9.13 Å². The number of methoxy groups -OCH3 is 1. The van der Waals surface area contributed by atoms with Gasteiger partial charge in [0, 0.05) is 41.7 Å². The van der Waals surface area contributed by atoms with E-state index in [0.29, 0.717) is 28.7 Å². The molecule has 8 heteroatoms. The second-order valence-corrected chi connectivity index (χ2v) is 6.03. The summed E-state index contributed by atoms with van der Waals surface area (Å²) in [5.74, 6) is -0.0847. The second kappa shape index (κ2) is 6.68. The molecule has 0 radical (unpaired) electrons. The predicted octanol–water partition coefficient (Wildman–Crippen LogP) is 3.81. The van der Waals surface area contributed by atoms with Crippen molar-refractivity contribution in [3.63, 3.8) is 0 Å². The molecule has 1 N–H and O–H groups in total. The predicted molar refractivity (Wildman–Crippen MR) is 95.7 cm³/mol. The number of aromatic amines is 1. The average molecular weight is 370 g/mol. The van der Waals surface area contributed by atoms with Gasteiger partial charge >= 0.3 is 0 Å². The number of nitrogens with one attached hydrogen (secondary N) is 1. The molecule has 0 aliphatic carbocycles. The van der Waals surface area contributed by atoms with Crippen molar-refractivity contribution in [2.45, 2.75) is 6.42 Å². The molecule has 6 nitrogen and oxygen atoms in total. The Morgan fingerprint density at radius 3 is 2.69 bits per heavy atom. The van der Waals surface area contributed by atoms with Gasteiger partial charge in [-0.05, 0) is 23.8 Å². The number of fused-ring (bicyclic) bond motifs is 1. The maximum Gasteiger partial charge on any atom is 0.226 e. The first kappa shape index (κ1) is 16.4. The molecule has 4 aromatic rings. The number of hydrogen-bond acceptors (Lipinski definition) is 5. The molecule has 26 heavy (non-hydrogen) atoms. The number of halogens is 2. The molecule has 0 unspecified atom stereocenters. The lowest BCUT2D eigenvalue weighted by atomic mass is 10.0. The van der Waals surface area contributed by atoms with Gasteiger partial charge in [0.1, 0.15) is 17.1 Å². The summed E-state index contributed by atoms with van der Waals surface area (Å²) in [4.78, 5) is 19.3. The van der Waals surface area contributed by atoms with Crippen molar-refractivity contribution in [2.75, 3.05) is 7.11 Å². The minimum atomic E-state index is -0.527. The third kappa shape index (κ3) is 2.97. The Hall–Kier alpha value is -3.06. The van der Waals surface area contributed by atoms with Gasteiger partial charge in [-0.25, -0.2) is 19.9 Å². The van der Waals surface area contributed by atoms with E-state index in [1.54, 1.807) is 24.5 Å². The smallest absolute Gasteiger partial charge is 0.226 e. The second-order valence-electron chi connectivity index (χ2n) is 5.64. The zero-order valence-electron chi connectivity index (χ0n) is 13.7. The van der Waals surface area contributed by atoms with Crippen LogP contribution in [0.2, 0.25) is 5.15 Å². The van der Waals surface area contributed by atoms with E-state index >= 15 is 0 Å². The Balaban J connectivity index is 1.75. The first-order chi connectivity index (χ1) is 12.7. The highest BCUT2D eigenvalue weighted by atomic mass is 35.5. The SMILES string of the molecule is COc1ncnc2[nH]cc(Cc3cc(-c4ccc(Cl)nc4)cnc3F)c12. The molecule has 0 spiro atoms. The van der Waals surface area contributed by atoms with Crippen molar-refractivity contribution in [1.82, 2.24) is 24.9 Å². The van der Waals surface area contributed by atoms with Crippen LogP contribution in [0.5, 0.6) is 5.88 Å². The topological polar surface area (TPSA) is 76.6 Å². The standard InChI is InChI=1S/C18H13ClFN5O/c1-26-18-15-13(8-23-17(15)24-9-25-18)5-11-4-12(7-22-16(11)20)10-2-3-14(19)21-6-10/h2-4,6-9H,5H2,1H3,(H,23,24,25). The van der Waals surface area contributed by atoms with Crippen LogP contribution in [0.25, 0.3) is 22.2 Å². The Morgan fingerprint density at radius 2 is 1.92 bits per heavy atom. The van der Waals surface area contributed by atoms with E-state index in [1.165, 1.54) is 19.6 Å². The van der Waals surface area contributed by atoms with Crippen LogP contribution < -0.4 is 4.74 Å². The van der Waals surface area contributed by atoms with E-state index in [4.69, 9.17) is 16.3 Å². The molecule has 0 fully saturated rings. The van der Waals surface area contributed by atoms with Gasteiger partial charge in [-0.3, -0.25) is 0 Å². The van der Waals surface area contributed by atoms with Gasteiger partial charge in [-0.15, -0.1) is 0 Å². The number of ether oxygens (including phenoxy) is 1. The largest absolute Gasteiger partial charge is 0.480 e. The molecule has 4 aromatic heterocycles. The molecular formula is C18H13ClFN5O. The van der Waals surface area contributed by atoms with Gasteiger partial charge in [0.05, 0.1) is 12.5 Å². The van der Waals surface area contributed by atoms with Crippen molar-refractivity contribution >= 4 is 22.6 Å². The van der Waals surface area contributed by atoms with Gasteiger partial charge in [0.2, 0.25) is 11.8 Å². The van der Waals surface area contributed by atoms with Crippen molar-refractivity contribution in [1.29, 1.82) is 0 Å². The fourth-order valence-electron chi connectivity index (χ4n) is 2.82. The molecule has 0 bridgehead atoms. The molecule has 0 amide bonds. The first-order valence-corrected chi connectivity index (χ1v) is 8.15. The number of hydrogen-bond donors (Lipinski definition) is 1. The normalized spacial score (nSPS) is 11.0. The molecule has 0 aliphatic heterocycles. The molecule has 0 aromatic carbocycles. The summed E-state index contributed by atoms with van der Waals surface area (Å²) in [5.41, 5.74) is 3.48. The number of pyridine rings is 2. The van der Waals surface area contributed by atoms with Crippen molar-refractivity contribution in [3.8, 4) is 17.0 Å². The minimum absolute atomic E-state index is 0.317. The Labute approximate surface area is 153 Å². The van der Waals surface area contributed by atoms with Gasteiger partial charge in [0.15, 0.2) is 0 Å². The molecule has 4 rings (SSSR count). The zero-order valence-corrected chi connectivity index (χ0v) is 14.5. The summed E-state index contributed by atoms with van der Waals surface area (Å²) in [6, 6.07) is 5.25. The number of nitrogens with zero attached hydrogens (tertiary/aromatic N) is 4. The minimum Gasteiger partial charge on any atom is -0.480 e. The highest BCUT2D eigenvalue weighted by Gasteiger charge is 2.15. The number of aromatic nitrogens is 5. The summed E-state index contributed by atoms with van der Waals surface area (Å²) >= 11 is 5.82. The maximum atomic E-state index is 14.3. The quantitative estimate of drug-likeness (QED) is 0.553. The Morgan fingerprint density at radius 1 is 1.08 bits per heavy atom. The van der Waals surface area contributed by atoms with Crippen LogP contribution in [0.4, 0.5) is 4.39 Å². The summed E-state index contributed by atoms with van der Waals surface area (Å²) in [7, 11) is 1.54. The lowest BCUT2D eigenvalue weighted by molar-refractivity contribution is 0.402. The van der Waals surface area contributed by atoms with Crippen molar-refractivity contribution in [3.05, 3.63) is 65.3 Å². The van der Waals surface area contributed by atoms with Crippen LogP contribution in [-0.2, 0) is 6.42 Å². The Bertz CT molecular complexity index is 1080. The monoisotopic (exact) mass is 369 g/mol. The van der Waals surface area contributed by atoms with Crippen molar-refractivity contribution in [2.24, 2.45) is 0 Å². The first-order valence-electron chi connectivity index (χ1n) is 7.77. The number of rotatable bonds is 4. The van der Waals surface area contributed by atoms with Gasteiger partial charge < -0.3 is 9.72 Å². The van der Waals surface area contributed by atoms with E-state index in [-0.39, 0.29) is 0 Å². The van der Waals surface area contributed by atoms with E-state index in [0.717, 1.165) is 22.1 Å². The molecular weight excluding hydrogens is 357 g/mol. The van der Waals surface area contributed by atoms with Crippen LogP contribution in [0, 0.1) is 5.95 Å². The molecule has 0 aliphatic rings. The highest BCUT2D eigenvalue weighted by Crippen LogP contribution is 2.28. The fraction of sp³-hybridized carbons (Fsp3) is 0.111. The lowest BCUT2D eigenvalue weighted by Crippen LogP contribution is -1.98. The molecule has 0 atom stereocenters. The summed E-state index contributed by atoms with van der Waals surface area (Å²) < 4.78 is 19.6. The summed E-state index contributed by atoms with van der Waals surface area (Å²) in [6.45, 7) is 0. The number of H-pyrrole nitrogens is 1.